The van der Waals surface area contributed by atoms with Crippen molar-refractivity contribution in [2.45, 2.75) is 13.5 Å². The first-order valence-corrected chi connectivity index (χ1v) is 10.8. The second-order valence-electron chi connectivity index (χ2n) is 5.01. The van der Waals surface area contributed by atoms with Crippen molar-refractivity contribution in [1.29, 1.82) is 0 Å². The summed E-state index contributed by atoms with van der Waals surface area (Å²) in [6.45, 7) is 2.02. The number of aliphatic hydroxyl groups excluding tert-OH is 1. The van der Waals surface area contributed by atoms with Gasteiger partial charge in [0.05, 0.1) is 0 Å². The van der Waals surface area contributed by atoms with Crippen molar-refractivity contribution in [3.05, 3.63) is 55.0 Å². The molecule has 4 radical (unpaired) electrons. The van der Waals surface area contributed by atoms with Crippen LogP contribution in [0.2, 0.25) is 0 Å². The second kappa shape index (κ2) is 7.98. The van der Waals surface area contributed by atoms with Crippen molar-refractivity contribution in [2.75, 3.05) is 5.32 Å². The quantitative estimate of drug-likeness (QED) is 0.263. The molecule has 0 fully saturated rings. The van der Waals surface area contributed by atoms with Crippen LogP contribution in [0.4, 0.5) is 10.8 Å². The third-order valence-corrected chi connectivity index (χ3v) is 5.60. The predicted octanol–water partition coefficient (Wildman–Crippen LogP) is -0.0885. The van der Waals surface area contributed by atoms with Gasteiger partial charge in [-0.3, -0.25) is 0 Å². The molecule has 0 saturated carbocycles. The molecule has 0 spiro atoms. The molecule has 0 aromatic carbocycles. The molecule has 24 heavy (non-hydrogen) atoms. The van der Waals surface area contributed by atoms with E-state index in [0.29, 0.717) is 0 Å². The molecule has 3 rings (SSSR count). The summed E-state index contributed by atoms with van der Waals surface area (Å²) >= 11 is 5.08. The van der Waals surface area contributed by atoms with Gasteiger partial charge in [0.2, 0.25) is 0 Å². The Morgan fingerprint density at radius 3 is 3.00 bits per heavy atom. The summed E-state index contributed by atoms with van der Waals surface area (Å²) < 4.78 is 6.22. The van der Waals surface area contributed by atoms with Crippen LogP contribution in [0.1, 0.15) is 16.3 Å². The van der Waals surface area contributed by atoms with Crippen LogP contribution in [-0.2, 0) is 6.61 Å². The van der Waals surface area contributed by atoms with Crippen molar-refractivity contribution in [3.8, 4) is 0 Å². The summed E-state index contributed by atoms with van der Waals surface area (Å²) in [5, 5.41) is 13.5. The van der Waals surface area contributed by atoms with Gasteiger partial charge in [0.1, 0.15) is 0 Å². The average molecular weight is 556 g/mol. The fourth-order valence-electron chi connectivity index (χ4n) is 2.33. The van der Waals surface area contributed by atoms with Crippen LogP contribution in [0.25, 0.3) is 11.2 Å². The Morgan fingerprint density at radius 1 is 1.50 bits per heavy atom. The molecule has 122 valence electrons. The van der Waals surface area contributed by atoms with Gasteiger partial charge in [0.25, 0.3) is 0 Å². The number of hydrogen-bond acceptors (Lipinski definition) is 5. The van der Waals surface area contributed by atoms with Gasteiger partial charge in [0.15, 0.2) is 0 Å². The number of imidazole rings is 1. The van der Waals surface area contributed by atoms with Gasteiger partial charge in [0, 0.05) is 0 Å². The molecule has 8 heteroatoms. The zero-order chi connectivity index (χ0) is 17.1. The molecule has 3 heterocycles. The maximum atomic E-state index is 9.21. The van der Waals surface area contributed by atoms with E-state index in [4.69, 9.17) is 0 Å². The molecule has 0 saturated heterocycles. The maximum absolute atomic E-state index is 9.21. The number of rotatable bonds is 5. The molecule has 2 N–H and O–H groups in total. The number of anilines is 2. The fourth-order valence-corrected chi connectivity index (χ4v) is 4.18. The van der Waals surface area contributed by atoms with Gasteiger partial charge in [-0.15, -0.1) is 0 Å². The van der Waals surface area contributed by atoms with Crippen molar-refractivity contribution < 1.29 is 27.7 Å². The number of aliphatic hydroxyl groups is 1. The summed E-state index contributed by atoms with van der Waals surface area (Å²) in [6, 6.07) is 3.85. The van der Waals surface area contributed by atoms with Gasteiger partial charge < -0.3 is 0 Å². The van der Waals surface area contributed by atoms with Crippen LogP contribution in [0.15, 0.2) is 38.8 Å². The number of fused-ring (bicyclic) bond motifs is 1. The van der Waals surface area contributed by atoms with E-state index in [1.165, 1.54) is 33.9 Å². The summed E-state index contributed by atoms with van der Waals surface area (Å²) in [5.41, 5.74) is 3.88. The summed E-state index contributed by atoms with van der Waals surface area (Å²) in [4.78, 5) is 10.1. The number of halogens is 1. The van der Waals surface area contributed by atoms with Gasteiger partial charge in [-0.25, -0.2) is 0 Å². The van der Waals surface area contributed by atoms with Gasteiger partial charge >= 0.3 is 172 Å². The Bertz CT molecular complexity index is 931. The molecule has 0 aliphatic heterocycles. The summed E-state index contributed by atoms with van der Waals surface area (Å²) in [7, 11) is 0. The molecule has 0 bridgehead atoms. The first-order chi connectivity index (χ1) is 11.7. The van der Waals surface area contributed by atoms with E-state index in [1.54, 1.807) is 0 Å². The summed E-state index contributed by atoms with van der Waals surface area (Å²) in [6.07, 6.45) is 5.95. The molecule has 0 amide bonds. The van der Waals surface area contributed by atoms with Crippen LogP contribution in [0, 0.1) is 6.92 Å². The van der Waals surface area contributed by atoms with Crippen molar-refractivity contribution in [2.24, 2.45) is 0 Å². The Kier molecular flexibility index (Phi) is 5.95. The number of thiophene rings is 1. The monoisotopic (exact) mass is 557 g/mol. The third-order valence-electron chi connectivity index (χ3n) is 3.37. The molecule has 3 aromatic heterocycles. The van der Waals surface area contributed by atoms with Crippen molar-refractivity contribution in [1.82, 2.24) is 14.4 Å². The molecule has 5 nitrogen and oxygen atoms in total. The molecular weight excluding hydrogens is 542 g/mol. The van der Waals surface area contributed by atoms with E-state index in [-0.39, 0.29) is 6.61 Å². The van der Waals surface area contributed by atoms with Crippen LogP contribution in [-0.4, -0.2) is 42.0 Å². The van der Waals surface area contributed by atoms with Crippen molar-refractivity contribution in [3.63, 3.8) is 0 Å². The SMILES string of the molecule is Cc1cn2c(C(/C=C/[I-])=[CH]/[Sn])cnc2c(Nc2ccc(CO)s2)n1. The summed E-state index contributed by atoms with van der Waals surface area (Å²) in [5.74, 6) is 0.717. The number of nitrogens with zero attached hydrogens (tertiary/aromatic N) is 3. The average Bonchev–Trinajstić information content (AvgIpc) is 3.19. The zero-order valence-electron chi connectivity index (χ0n) is 12.8. The van der Waals surface area contributed by atoms with E-state index in [1.807, 2.05) is 35.5 Å². The van der Waals surface area contributed by atoms with Crippen LogP contribution < -0.4 is 27.9 Å². The van der Waals surface area contributed by atoms with Crippen LogP contribution in [0.3, 0.4) is 0 Å². The number of hydrogen-bond donors (Lipinski definition) is 2. The fraction of sp³-hybridized carbons (Fsp3) is 0.125. The van der Waals surface area contributed by atoms with Crippen LogP contribution >= 0.6 is 11.3 Å². The number of nitrogens with one attached hydrogen (secondary N) is 1. The zero-order valence-corrected chi connectivity index (χ0v) is 18.7. The molecular formula is C16H14IN4OSSn-. The molecule has 3 aromatic rings. The van der Waals surface area contributed by atoms with Crippen molar-refractivity contribution >= 4 is 55.9 Å². The molecule has 0 aliphatic rings. The van der Waals surface area contributed by atoms with E-state index >= 15 is 0 Å². The first-order valence-electron chi connectivity index (χ1n) is 7.12. The first kappa shape index (κ1) is 17.9. The van der Waals surface area contributed by atoms with Gasteiger partial charge in [-0.1, -0.05) is 0 Å². The Hall–Kier alpha value is -0.911. The van der Waals surface area contributed by atoms with Gasteiger partial charge in [-0.05, 0) is 0 Å². The Morgan fingerprint density at radius 2 is 2.33 bits per heavy atom. The van der Waals surface area contributed by atoms with E-state index in [2.05, 4.69) is 52.4 Å². The van der Waals surface area contributed by atoms with E-state index < -0.39 is 0 Å². The van der Waals surface area contributed by atoms with Gasteiger partial charge in [-0.2, -0.15) is 0 Å². The topological polar surface area (TPSA) is 62.5 Å². The third kappa shape index (κ3) is 3.68. The number of aryl methyl sites for hydroxylation is 1. The molecule has 0 aliphatic carbocycles. The second-order valence-corrected chi connectivity index (χ2v) is 7.72. The minimum absolute atomic E-state index is 0.0480. The normalized spacial score (nSPS) is 12.4. The van der Waals surface area contributed by atoms with E-state index in [9.17, 15) is 5.11 Å². The number of allylic oxidation sites excluding steroid dienone is 2. The molecule has 0 atom stereocenters. The van der Waals surface area contributed by atoms with E-state index in [0.717, 1.165) is 38.3 Å². The number of aromatic nitrogens is 3. The minimum atomic E-state index is 0.0480. The van der Waals surface area contributed by atoms with Crippen LogP contribution in [0.5, 0.6) is 0 Å². The molecule has 0 unspecified atom stereocenters. The standard InChI is InChI=1S/C16H14IN4OS.Sn/c1-10(5-6-17)13-7-18-16-15(19-11(2)8-21(13)16)20-14-4-3-12(9-22)23-14;/h1,3-8,22H,9H2,2H3,(H,19,20);/q-1;/b6-5+,10-1?;. The Labute approximate surface area is 170 Å². The Balaban J connectivity index is 2.07. The predicted molar refractivity (Wildman–Crippen MR) is 94.1 cm³/mol.